The molecule has 0 saturated heterocycles. The largest absolute Gasteiger partial charge is 0.389 e. The monoisotopic (exact) mass is 284 g/mol. The van der Waals surface area contributed by atoms with E-state index in [-0.39, 0.29) is 10.9 Å². The van der Waals surface area contributed by atoms with Gasteiger partial charge >= 0.3 is 0 Å². The number of rotatable bonds is 5. The van der Waals surface area contributed by atoms with E-state index in [1.54, 1.807) is 18.2 Å². The smallest absolute Gasteiger partial charge is 0.224 e. The van der Waals surface area contributed by atoms with Crippen molar-refractivity contribution in [1.29, 1.82) is 0 Å². The summed E-state index contributed by atoms with van der Waals surface area (Å²) >= 11 is 10.9. The Labute approximate surface area is 118 Å². The number of carbonyl (C=O) groups is 1. The normalized spacial score (nSPS) is 10.4. The molecule has 0 heterocycles. The number of carbonyl (C=O) groups excluding carboxylic acids is 1. The maximum Gasteiger partial charge on any atom is 0.224 e. The van der Waals surface area contributed by atoms with Crippen LogP contribution in [0.15, 0.2) is 18.2 Å². The molecule has 0 radical (unpaired) electrons. The molecule has 1 rings (SSSR count). The molecule has 0 saturated carbocycles. The fraction of sp³-hybridized carbons (Fsp3) is 0.385. The van der Waals surface area contributed by atoms with Gasteiger partial charge in [-0.15, -0.1) is 0 Å². The highest BCUT2D eigenvalue weighted by molar-refractivity contribution is 7.80. The molecule has 1 aromatic rings. The van der Waals surface area contributed by atoms with Crippen LogP contribution in [0.4, 0.5) is 5.69 Å². The van der Waals surface area contributed by atoms with Crippen molar-refractivity contribution in [3.05, 3.63) is 28.8 Å². The van der Waals surface area contributed by atoms with E-state index in [1.165, 1.54) is 0 Å². The van der Waals surface area contributed by atoms with Crippen molar-refractivity contribution in [1.82, 2.24) is 0 Å². The van der Waals surface area contributed by atoms with Crippen LogP contribution in [0.5, 0.6) is 0 Å². The number of nitrogens with one attached hydrogen (secondary N) is 1. The van der Waals surface area contributed by atoms with E-state index in [2.05, 4.69) is 19.2 Å². The van der Waals surface area contributed by atoms with Gasteiger partial charge in [0, 0.05) is 12.0 Å². The topological polar surface area (TPSA) is 55.1 Å². The molecule has 0 aliphatic carbocycles. The Morgan fingerprint density at radius 2 is 2.17 bits per heavy atom. The molecule has 98 valence electrons. The average Bonchev–Trinajstić information content (AvgIpc) is 2.29. The summed E-state index contributed by atoms with van der Waals surface area (Å²) < 4.78 is 0. The Kier molecular flexibility index (Phi) is 5.56. The SMILES string of the molecule is CC(C)CCC(=O)Nc1cc(C(N)=S)ccc1Cl. The summed E-state index contributed by atoms with van der Waals surface area (Å²) in [6.07, 6.45) is 1.32. The third kappa shape index (κ3) is 4.63. The van der Waals surface area contributed by atoms with Gasteiger partial charge in [-0.1, -0.05) is 43.7 Å². The Morgan fingerprint density at radius 3 is 2.72 bits per heavy atom. The predicted molar refractivity (Wildman–Crippen MR) is 80.0 cm³/mol. The van der Waals surface area contributed by atoms with Gasteiger partial charge in [-0.25, -0.2) is 0 Å². The first-order chi connectivity index (χ1) is 8.40. The number of thiocarbonyl (C=S) groups is 1. The average molecular weight is 285 g/mol. The lowest BCUT2D eigenvalue weighted by atomic mass is 10.1. The van der Waals surface area contributed by atoms with Gasteiger partial charge in [-0.2, -0.15) is 0 Å². The highest BCUT2D eigenvalue weighted by atomic mass is 35.5. The molecule has 1 aromatic carbocycles. The molecule has 3 nitrogen and oxygen atoms in total. The predicted octanol–water partition coefficient (Wildman–Crippen LogP) is 3.35. The van der Waals surface area contributed by atoms with Crippen LogP contribution in [0.25, 0.3) is 0 Å². The molecule has 0 aliphatic rings. The second-order valence-corrected chi connectivity index (χ2v) is 5.39. The van der Waals surface area contributed by atoms with Crippen molar-refractivity contribution >= 4 is 40.4 Å². The van der Waals surface area contributed by atoms with E-state index >= 15 is 0 Å². The summed E-state index contributed by atoms with van der Waals surface area (Å²) in [5.41, 5.74) is 6.78. The maximum absolute atomic E-state index is 11.7. The molecule has 1 amide bonds. The fourth-order valence-corrected chi connectivity index (χ4v) is 1.70. The minimum absolute atomic E-state index is 0.0503. The third-order valence-corrected chi connectivity index (χ3v) is 3.04. The Balaban J connectivity index is 2.74. The summed E-state index contributed by atoms with van der Waals surface area (Å²) in [4.78, 5) is 12.0. The van der Waals surface area contributed by atoms with Crippen molar-refractivity contribution in [2.24, 2.45) is 11.7 Å². The van der Waals surface area contributed by atoms with Gasteiger partial charge < -0.3 is 11.1 Å². The van der Waals surface area contributed by atoms with Crippen LogP contribution in [0.2, 0.25) is 5.02 Å². The first-order valence-corrected chi connectivity index (χ1v) is 6.58. The van der Waals surface area contributed by atoms with Crippen LogP contribution in [-0.2, 0) is 4.79 Å². The van der Waals surface area contributed by atoms with E-state index in [1.807, 2.05) is 0 Å². The van der Waals surface area contributed by atoms with Gasteiger partial charge in [-0.3, -0.25) is 4.79 Å². The van der Waals surface area contributed by atoms with Crippen molar-refractivity contribution in [2.45, 2.75) is 26.7 Å². The Morgan fingerprint density at radius 1 is 1.50 bits per heavy atom. The minimum Gasteiger partial charge on any atom is -0.389 e. The van der Waals surface area contributed by atoms with Crippen LogP contribution < -0.4 is 11.1 Å². The first-order valence-electron chi connectivity index (χ1n) is 5.79. The van der Waals surface area contributed by atoms with Gasteiger partial charge in [0.2, 0.25) is 5.91 Å². The maximum atomic E-state index is 11.7. The highest BCUT2D eigenvalue weighted by Gasteiger charge is 2.08. The number of halogens is 1. The number of amides is 1. The van der Waals surface area contributed by atoms with Crippen LogP contribution in [0.3, 0.4) is 0 Å². The molecule has 0 aromatic heterocycles. The fourth-order valence-electron chi connectivity index (χ4n) is 1.41. The molecule has 3 N–H and O–H groups in total. The zero-order valence-electron chi connectivity index (χ0n) is 10.5. The number of anilines is 1. The third-order valence-electron chi connectivity index (χ3n) is 2.47. The minimum atomic E-state index is -0.0503. The number of hydrogen-bond donors (Lipinski definition) is 2. The van der Waals surface area contributed by atoms with E-state index in [0.717, 1.165) is 6.42 Å². The number of benzene rings is 1. The van der Waals surface area contributed by atoms with Crippen molar-refractivity contribution in [2.75, 3.05) is 5.32 Å². The second-order valence-electron chi connectivity index (χ2n) is 4.54. The van der Waals surface area contributed by atoms with E-state index in [4.69, 9.17) is 29.6 Å². The summed E-state index contributed by atoms with van der Waals surface area (Å²) in [7, 11) is 0. The molecule has 0 bridgehead atoms. The van der Waals surface area contributed by atoms with Crippen molar-refractivity contribution in [3.63, 3.8) is 0 Å². The van der Waals surface area contributed by atoms with Crippen LogP contribution in [0, 0.1) is 5.92 Å². The number of hydrogen-bond acceptors (Lipinski definition) is 2. The van der Waals surface area contributed by atoms with E-state index in [9.17, 15) is 4.79 Å². The summed E-state index contributed by atoms with van der Waals surface area (Å²) in [5, 5.41) is 3.25. The van der Waals surface area contributed by atoms with E-state index < -0.39 is 0 Å². The molecular formula is C13H17ClN2OS. The lowest BCUT2D eigenvalue weighted by Gasteiger charge is -2.10. The van der Waals surface area contributed by atoms with Gasteiger partial charge in [0.1, 0.15) is 4.99 Å². The Hall–Kier alpha value is -1.13. The van der Waals surface area contributed by atoms with Crippen molar-refractivity contribution in [3.8, 4) is 0 Å². The summed E-state index contributed by atoms with van der Waals surface area (Å²) in [5.74, 6) is 0.444. The quantitative estimate of drug-likeness (QED) is 0.815. The van der Waals surface area contributed by atoms with Crippen molar-refractivity contribution < 1.29 is 4.79 Å². The standard InChI is InChI=1S/C13H17ClN2OS/c1-8(2)3-6-12(17)16-11-7-9(13(15)18)4-5-10(11)14/h4-5,7-8H,3,6H2,1-2H3,(H2,15,18)(H,16,17). The van der Waals surface area contributed by atoms with Gasteiger partial charge in [-0.05, 0) is 24.5 Å². The molecule has 0 aliphatic heterocycles. The Bertz CT molecular complexity index is 460. The first kappa shape index (κ1) is 14.9. The number of nitrogens with two attached hydrogens (primary N) is 1. The van der Waals surface area contributed by atoms with Crippen LogP contribution >= 0.6 is 23.8 Å². The highest BCUT2D eigenvalue weighted by Crippen LogP contribution is 2.23. The lowest BCUT2D eigenvalue weighted by Crippen LogP contribution is -2.14. The molecule has 0 atom stereocenters. The van der Waals surface area contributed by atoms with E-state index in [0.29, 0.717) is 28.6 Å². The summed E-state index contributed by atoms with van der Waals surface area (Å²) in [6, 6.07) is 5.10. The molecular weight excluding hydrogens is 268 g/mol. The van der Waals surface area contributed by atoms with Crippen LogP contribution in [-0.4, -0.2) is 10.9 Å². The van der Waals surface area contributed by atoms with Gasteiger partial charge in [0.15, 0.2) is 0 Å². The van der Waals surface area contributed by atoms with Gasteiger partial charge in [0.25, 0.3) is 0 Å². The van der Waals surface area contributed by atoms with Crippen LogP contribution in [0.1, 0.15) is 32.3 Å². The molecule has 18 heavy (non-hydrogen) atoms. The molecule has 0 spiro atoms. The molecule has 0 unspecified atom stereocenters. The van der Waals surface area contributed by atoms with Gasteiger partial charge in [0.05, 0.1) is 10.7 Å². The zero-order chi connectivity index (χ0) is 13.7. The second kappa shape index (κ2) is 6.71. The zero-order valence-corrected chi connectivity index (χ0v) is 12.1. The summed E-state index contributed by atoms with van der Waals surface area (Å²) in [6.45, 7) is 4.15. The molecule has 5 heteroatoms. The molecule has 0 fully saturated rings. The lowest BCUT2D eigenvalue weighted by molar-refractivity contribution is -0.116.